The number of ketones is 2. The number of fused-ring (bicyclic) bond motifs is 5. The molecule has 0 heterocycles. The Balaban J connectivity index is 1.71. The Hall–Kier alpha value is -0.960. The normalized spacial score (nSPS) is 47.6. The number of rotatable bonds is 3. The molecule has 4 aliphatic rings. The molecule has 1 N–H and O–H groups in total. The minimum absolute atomic E-state index is 0.135. The molecular formula is C23H34O3. The Morgan fingerprint density at radius 2 is 2.00 bits per heavy atom. The van der Waals surface area contributed by atoms with Gasteiger partial charge in [0, 0.05) is 17.8 Å². The number of aliphatic hydroxyl groups excluding tert-OH is 1. The molecule has 0 radical (unpaired) electrons. The van der Waals surface area contributed by atoms with Gasteiger partial charge in [-0.25, -0.2) is 0 Å². The molecule has 0 aliphatic heterocycles. The molecule has 3 nitrogen and oxygen atoms in total. The van der Waals surface area contributed by atoms with Gasteiger partial charge < -0.3 is 5.11 Å². The minimum atomic E-state index is -0.159. The highest BCUT2D eigenvalue weighted by Crippen LogP contribution is 2.68. The number of carbonyl (C=O) groups is 2. The van der Waals surface area contributed by atoms with Gasteiger partial charge in [-0.15, -0.1) is 0 Å². The van der Waals surface area contributed by atoms with E-state index < -0.39 is 0 Å². The molecule has 0 spiro atoms. The summed E-state index contributed by atoms with van der Waals surface area (Å²) in [7, 11) is 0. The molecule has 26 heavy (non-hydrogen) atoms. The van der Waals surface area contributed by atoms with Crippen LogP contribution in [0.15, 0.2) is 11.6 Å². The lowest BCUT2D eigenvalue weighted by Gasteiger charge is -2.58. The fraction of sp³-hybridized carbons (Fsp3) is 0.826. The van der Waals surface area contributed by atoms with Crippen LogP contribution in [0.5, 0.6) is 0 Å². The maximum atomic E-state index is 12.5. The largest absolute Gasteiger partial charge is 0.395 e. The van der Waals surface area contributed by atoms with E-state index in [1.165, 1.54) is 12.0 Å². The minimum Gasteiger partial charge on any atom is -0.395 e. The van der Waals surface area contributed by atoms with Crippen molar-refractivity contribution in [3.63, 3.8) is 0 Å². The van der Waals surface area contributed by atoms with E-state index in [9.17, 15) is 14.7 Å². The van der Waals surface area contributed by atoms with Crippen LogP contribution in [0.3, 0.4) is 0 Å². The first-order valence-corrected chi connectivity index (χ1v) is 10.7. The van der Waals surface area contributed by atoms with Crippen molar-refractivity contribution in [1.82, 2.24) is 0 Å². The average molecular weight is 359 g/mol. The number of aliphatic hydroxyl groups is 1. The molecule has 4 aliphatic carbocycles. The maximum absolute atomic E-state index is 12.5. The van der Waals surface area contributed by atoms with Crippen LogP contribution in [0.2, 0.25) is 0 Å². The van der Waals surface area contributed by atoms with Crippen molar-refractivity contribution in [2.24, 2.45) is 40.4 Å². The molecule has 0 aromatic rings. The predicted molar refractivity (Wildman–Crippen MR) is 101 cm³/mol. The average Bonchev–Trinajstić information content (AvgIpc) is 2.93. The third-order valence-corrected chi connectivity index (χ3v) is 9.11. The Kier molecular flexibility index (Phi) is 4.45. The molecular weight excluding hydrogens is 324 g/mol. The summed E-state index contributed by atoms with van der Waals surface area (Å²) in [5.74, 6) is 3.06. The molecule has 0 amide bonds. The number of hydrogen-bond donors (Lipinski definition) is 1. The summed E-state index contributed by atoms with van der Waals surface area (Å²) < 4.78 is 0. The summed E-state index contributed by atoms with van der Waals surface area (Å²) in [4.78, 5) is 24.5. The van der Waals surface area contributed by atoms with Crippen LogP contribution in [0.4, 0.5) is 0 Å². The van der Waals surface area contributed by atoms with Crippen LogP contribution in [0.25, 0.3) is 0 Å². The van der Waals surface area contributed by atoms with Gasteiger partial charge in [-0.3, -0.25) is 9.59 Å². The van der Waals surface area contributed by atoms with E-state index in [2.05, 4.69) is 13.8 Å². The number of hydrogen-bond acceptors (Lipinski definition) is 3. The smallest absolute Gasteiger partial charge is 0.155 e. The second-order valence-electron chi connectivity index (χ2n) is 9.90. The lowest BCUT2D eigenvalue weighted by Crippen LogP contribution is -2.53. The van der Waals surface area contributed by atoms with Crippen LogP contribution in [0, 0.1) is 40.4 Å². The van der Waals surface area contributed by atoms with E-state index in [1.807, 2.05) is 6.08 Å². The second kappa shape index (κ2) is 6.29. The lowest BCUT2D eigenvalue weighted by molar-refractivity contribution is -0.131. The first-order valence-electron chi connectivity index (χ1n) is 10.7. The van der Waals surface area contributed by atoms with Crippen molar-refractivity contribution in [3.05, 3.63) is 11.6 Å². The van der Waals surface area contributed by atoms with Crippen LogP contribution >= 0.6 is 0 Å². The molecule has 0 bridgehead atoms. The predicted octanol–water partition coefficient (Wildman–Crippen LogP) is 4.33. The van der Waals surface area contributed by atoms with Crippen LogP contribution in [-0.2, 0) is 9.59 Å². The van der Waals surface area contributed by atoms with Gasteiger partial charge in [-0.2, -0.15) is 0 Å². The van der Waals surface area contributed by atoms with Crippen LogP contribution in [-0.4, -0.2) is 23.3 Å². The first kappa shape index (κ1) is 18.4. The summed E-state index contributed by atoms with van der Waals surface area (Å²) in [6.45, 7) is 6.61. The molecule has 0 aromatic heterocycles. The molecule has 0 saturated heterocycles. The van der Waals surface area contributed by atoms with Gasteiger partial charge in [0.2, 0.25) is 0 Å². The number of Topliss-reactive ketones (excluding diaryl/α,β-unsaturated/α-hetero) is 1. The highest BCUT2D eigenvalue weighted by Gasteiger charge is 2.62. The van der Waals surface area contributed by atoms with Gasteiger partial charge in [-0.05, 0) is 80.6 Å². The van der Waals surface area contributed by atoms with E-state index >= 15 is 0 Å². The molecule has 3 heteroatoms. The summed E-state index contributed by atoms with van der Waals surface area (Å²) in [5, 5.41) is 10.4. The van der Waals surface area contributed by atoms with Crippen molar-refractivity contribution in [3.8, 4) is 0 Å². The quantitative estimate of drug-likeness (QED) is 0.817. The summed E-state index contributed by atoms with van der Waals surface area (Å²) in [6.07, 6.45) is 9.85. The summed E-state index contributed by atoms with van der Waals surface area (Å²) >= 11 is 0. The molecule has 4 rings (SSSR count). The zero-order valence-electron chi connectivity index (χ0n) is 16.6. The third-order valence-electron chi connectivity index (χ3n) is 9.11. The van der Waals surface area contributed by atoms with Crippen molar-refractivity contribution >= 4 is 11.6 Å². The molecule has 7 atom stereocenters. The van der Waals surface area contributed by atoms with Gasteiger partial charge in [-0.1, -0.05) is 25.8 Å². The zero-order valence-corrected chi connectivity index (χ0v) is 16.6. The van der Waals surface area contributed by atoms with Gasteiger partial charge in [0.1, 0.15) is 5.78 Å². The Labute approximate surface area is 157 Å². The van der Waals surface area contributed by atoms with Crippen molar-refractivity contribution in [2.75, 3.05) is 6.61 Å². The molecule has 3 saturated carbocycles. The third kappa shape index (κ3) is 2.35. The van der Waals surface area contributed by atoms with E-state index in [4.69, 9.17) is 0 Å². The van der Waals surface area contributed by atoms with Gasteiger partial charge in [0.25, 0.3) is 0 Å². The standard InChI is InChI=1S/C23H34O3/c1-4-15-11-20-18-6-5-16-12-17(26)7-10-23(16,13-24)19(18)8-9-22(20,3)21(15)14(2)25/h12,15,18-21,24H,4-11,13H2,1-3H3/t15-,18-,19+,20+,21+,22+,23-/m1/s1. The van der Waals surface area contributed by atoms with Gasteiger partial charge in [0.05, 0.1) is 6.61 Å². The van der Waals surface area contributed by atoms with Crippen molar-refractivity contribution in [2.45, 2.75) is 72.1 Å². The van der Waals surface area contributed by atoms with E-state index in [0.717, 1.165) is 38.5 Å². The van der Waals surface area contributed by atoms with Crippen LogP contribution in [0.1, 0.15) is 72.1 Å². The molecule has 0 unspecified atom stereocenters. The van der Waals surface area contributed by atoms with Crippen LogP contribution < -0.4 is 0 Å². The fourth-order valence-corrected chi connectivity index (χ4v) is 8.04. The lowest BCUT2D eigenvalue weighted by atomic mass is 9.46. The highest BCUT2D eigenvalue weighted by molar-refractivity contribution is 5.91. The summed E-state index contributed by atoms with van der Waals surface area (Å²) in [6, 6.07) is 0. The molecule has 0 aromatic carbocycles. The fourth-order valence-electron chi connectivity index (χ4n) is 8.04. The topological polar surface area (TPSA) is 54.4 Å². The maximum Gasteiger partial charge on any atom is 0.155 e. The Bertz CT molecular complexity index is 650. The molecule has 144 valence electrons. The monoisotopic (exact) mass is 358 g/mol. The highest BCUT2D eigenvalue weighted by atomic mass is 16.3. The summed E-state index contributed by atoms with van der Waals surface area (Å²) in [5.41, 5.74) is 1.21. The SMILES string of the molecule is CC[C@@H]1C[C@H]2[C@@H]3CCC4=CC(=O)CC[C@]4(CO)[C@H]3CC[C@]2(C)[C@H]1C(C)=O. The Morgan fingerprint density at radius 3 is 2.65 bits per heavy atom. The van der Waals surface area contributed by atoms with Gasteiger partial charge >= 0.3 is 0 Å². The van der Waals surface area contributed by atoms with Gasteiger partial charge in [0.15, 0.2) is 5.78 Å². The van der Waals surface area contributed by atoms with Crippen molar-refractivity contribution < 1.29 is 14.7 Å². The van der Waals surface area contributed by atoms with E-state index in [-0.39, 0.29) is 29.1 Å². The van der Waals surface area contributed by atoms with Crippen molar-refractivity contribution in [1.29, 1.82) is 0 Å². The zero-order chi connectivity index (χ0) is 18.7. The first-order chi connectivity index (χ1) is 12.4. The molecule has 3 fully saturated rings. The Morgan fingerprint density at radius 1 is 1.23 bits per heavy atom. The van der Waals surface area contributed by atoms with E-state index in [1.54, 1.807) is 6.92 Å². The van der Waals surface area contributed by atoms with E-state index in [0.29, 0.717) is 35.9 Å². The number of carbonyl (C=O) groups excluding carboxylic acids is 2. The second-order valence-corrected chi connectivity index (χ2v) is 9.90.